The lowest BCUT2D eigenvalue weighted by molar-refractivity contribution is 0.0696. The van der Waals surface area contributed by atoms with E-state index in [0.717, 1.165) is 5.56 Å². The highest BCUT2D eigenvalue weighted by Gasteiger charge is 1.99. The van der Waals surface area contributed by atoms with E-state index in [-0.39, 0.29) is 36.1 Å². The van der Waals surface area contributed by atoms with Crippen LogP contribution in [0.1, 0.15) is 57.9 Å². The van der Waals surface area contributed by atoms with Crippen molar-refractivity contribution in [1.82, 2.24) is 0 Å². The van der Waals surface area contributed by atoms with E-state index in [1.807, 2.05) is 31.2 Å². The van der Waals surface area contributed by atoms with E-state index in [2.05, 4.69) is 0 Å². The highest BCUT2D eigenvalue weighted by Crippen LogP contribution is 2.10. The molecule has 3 aromatic rings. The molecule has 0 saturated carbocycles. The third-order valence-electron chi connectivity index (χ3n) is 3.85. The van der Waals surface area contributed by atoms with E-state index in [1.54, 1.807) is 19.1 Å². The van der Waals surface area contributed by atoms with Gasteiger partial charge in [-0.2, -0.15) is 0 Å². The molecule has 0 aromatic heterocycles. The van der Waals surface area contributed by atoms with Crippen LogP contribution >= 0.6 is 0 Å². The molecule has 0 bridgehead atoms. The maximum atomic E-state index is 10.8. The molecule has 0 fully saturated rings. The summed E-state index contributed by atoms with van der Waals surface area (Å²) in [4.78, 5) is 31.7. The van der Waals surface area contributed by atoms with Crippen molar-refractivity contribution in [3.63, 3.8) is 0 Å². The Morgan fingerprint density at radius 1 is 0.581 bits per heavy atom. The minimum atomic E-state index is -0.986. The Bertz CT molecular complexity index is 840. The van der Waals surface area contributed by atoms with E-state index < -0.39 is 5.97 Å². The van der Waals surface area contributed by atoms with Crippen LogP contribution in [-0.2, 0) is 0 Å². The van der Waals surface area contributed by atoms with Gasteiger partial charge in [-0.05, 0) is 69.3 Å². The Morgan fingerprint density at radius 2 is 0.871 bits per heavy atom. The summed E-state index contributed by atoms with van der Waals surface area (Å²) in [6.45, 7) is 5.07. The number of hydrogen-bond donors (Lipinski definition) is 3. The van der Waals surface area contributed by atoms with Gasteiger partial charge in [-0.3, -0.25) is 9.59 Å². The number of aryl methyl sites for hydroxylation is 1. The van der Waals surface area contributed by atoms with Crippen LogP contribution in [-0.4, -0.2) is 32.9 Å². The van der Waals surface area contributed by atoms with Crippen LogP contribution in [0.15, 0.2) is 72.8 Å². The molecular formula is C25H28O6. The molecule has 3 aromatic carbocycles. The van der Waals surface area contributed by atoms with E-state index in [4.69, 9.17) is 15.3 Å². The number of hydrogen-bond acceptors (Lipinski definition) is 5. The molecule has 0 aliphatic rings. The summed E-state index contributed by atoms with van der Waals surface area (Å²) in [5.74, 6) is -0.588. The molecular weight excluding hydrogens is 396 g/mol. The van der Waals surface area contributed by atoms with E-state index in [9.17, 15) is 14.4 Å². The zero-order valence-corrected chi connectivity index (χ0v) is 17.0. The number of phenolic OH excluding ortho intramolecular Hbond substituents is 2. The quantitative estimate of drug-likeness (QED) is 0.477. The van der Waals surface area contributed by atoms with Gasteiger partial charge in [0.25, 0.3) is 0 Å². The number of carboxylic acids is 1. The molecule has 3 rings (SSSR count). The third-order valence-corrected chi connectivity index (χ3v) is 3.85. The van der Waals surface area contributed by atoms with Crippen molar-refractivity contribution in [2.75, 3.05) is 0 Å². The highest BCUT2D eigenvalue weighted by atomic mass is 16.4. The van der Waals surface area contributed by atoms with Crippen LogP contribution in [0.3, 0.4) is 0 Å². The molecule has 0 spiro atoms. The molecule has 6 heteroatoms. The molecule has 0 radical (unpaired) electrons. The monoisotopic (exact) mass is 424 g/mol. The molecule has 0 unspecified atom stereocenters. The largest absolute Gasteiger partial charge is 0.508 e. The minimum absolute atomic E-state index is 0. The van der Waals surface area contributed by atoms with Crippen molar-refractivity contribution >= 4 is 17.5 Å². The van der Waals surface area contributed by atoms with Crippen LogP contribution in [0.25, 0.3) is 0 Å². The van der Waals surface area contributed by atoms with Gasteiger partial charge in [-0.25, -0.2) is 4.79 Å². The van der Waals surface area contributed by atoms with Gasteiger partial charge < -0.3 is 15.3 Å². The fourth-order valence-corrected chi connectivity index (χ4v) is 2.09. The van der Waals surface area contributed by atoms with Gasteiger partial charge in [0.15, 0.2) is 11.6 Å². The summed E-state index contributed by atoms with van der Waals surface area (Å²) in [6, 6.07) is 19.1. The van der Waals surface area contributed by atoms with Crippen molar-refractivity contribution in [1.29, 1.82) is 0 Å². The second-order valence-corrected chi connectivity index (χ2v) is 6.38. The lowest BCUT2D eigenvalue weighted by atomic mass is 10.1. The molecule has 0 saturated heterocycles. The Labute approximate surface area is 182 Å². The average molecular weight is 424 g/mol. The first-order chi connectivity index (χ1) is 14.1. The topological polar surface area (TPSA) is 112 Å². The summed E-state index contributed by atoms with van der Waals surface area (Å²) < 4.78 is 0. The van der Waals surface area contributed by atoms with Gasteiger partial charge >= 0.3 is 5.97 Å². The molecule has 3 N–H and O–H groups in total. The second kappa shape index (κ2) is 13.3. The summed E-state index contributed by atoms with van der Waals surface area (Å²) >= 11 is 0. The summed E-state index contributed by atoms with van der Waals surface area (Å²) in [5.41, 5.74) is 2.77. The lowest BCUT2D eigenvalue weighted by Gasteiger charge is -1.93. The van der Waals surface area contributed by atoms with Crippen molar-refractivity contribution in [3.05, 3.63) is 95.1 Å². The Hall–Kier alpha value is -3.93. The van der Waals surface area contributed by atoms with Gasteiger partial charge in [0.05, 0.1) is 5.56 Å². The van der Waals surface area contributed by atoms with Crippen molar-refractivity contribution in [2.45, 2.75) is 28.2 Å². The first-order valence-corrected chi connectivity index (χ1v) is 9.00. The molecule has 0 heterocycles. The van der Waals surface area contributed by atoms with Crippen LogP contribution in [0.5, 0.6) is 11.5 Å². The van der Waals surface area contributed by atoms with Crippen LogP contribution in [0.4, 0.5) is 0 Å². The lowest BCUT2D eigenvalue weighted by Crippen LogP contribution is -1.93. The number of aromatic hydroxyl groups is 2. The van der Waals surface area contributed by atoms with E-state index in [1.165, 1.54) is 48.9 Å². The molecule has 6 nitrogen and oxygen atoms in total. The van der Waals surface area contributed by atoms with E-state index >= 15 is 0 Å². The summed E-state index contributed by atoms with van der Waals surface area (Å²) in [7, 11) is 0. The van der Waals surface area contributed by atoms with Crippen LogP contribution in [0.2, 0.25) is 0 Å². The maximum Gasteiger partial charge on any atom is 0.335 e. The third kappa shape index (κ3) is 10.4. The molecule has 164 valence electrons. The number of rotatable bonds is 3. The van der Waals surface area contributed by atoms with Gasteiger partial charge in [-0.1, -0.05) is 37.3 Å². The standard InChI is InChI=1S/C9H10O.C8H8O2.C7H6O3.CH4/c1-7-3-5-9(6-4-7)8(2)10;1-6(9)7-2-4-8(10)5-3-7;8-6-3-1-5(2-4-6)7(9)10;/h3-6H,1-2H3;2-5,10H,1H3;1-4,8H,(H,9,10);1H4. The number of carbonyl (C=O) groups excluding carboxylic acids is 2. The second-order valence-electron chi connectivity index (χ2n) is 6.38. The SMILES string of the molecule is C.CC(=O)c1ccc(C)cc1.CC(=O)c1ccc(O)cc1.O=C(O)c1ccc(O)cc1. The highest BCUT2D eigenvalue weighted by molar-refractivity contribution is 5.94. The van der Waals surface area contributed by atoms with Crippen molar-refractivity contribution < 1.29 is 29.7 Å². The Kier molecular flexibility index (Phi) is 11.6. The Morgan fingerprint density at radius 3 is 1.16 bits per heavy atom. The van der Waals surface area contributed by atoms with Crippen LogP contribution in [0, 0.1) is 6.92 Å². The molecule has 0 atom stereocenters. The zero-order valence-electron chi connectivity index (χ0n) is 17.0. The summed E-state index contributed by atoms with van der Waals surface area (Å²) in [5, 5.41) is 26.0. The van der Waals surface area contributed by atoms with Crippen LogP contribution < -0.4 is 0 Å². The van der Waals surface area contributed by atoms with Gasteiger partial charge in [0.1, 0.15) is 11.5 Å². The molecule has 0 aliphatic heterocycles. The number of phenols is 2. The minimum Gasteiger partial charge on any atom is -0.508 e. The smallest absolute Gasteiger partial charge is 0.335 e. The normalized spacial score (nSPS) is 9.00. The predicted octanol–water partition coefficient (Wildman–Crippen LogP) is 5.52. The maximum absolute atomic E-state index is 10.8. The average Bonchev–Trinajstić information content (AvgIpc) is 2.70. The number of carboxylic acid groups (broad SMARTS) is 1. The number of carbonyl (C=O) groups is 3. The number of ketones is 2. The number of aromatic carboxylic acids is 1. The fraction of sp³-hybridized carbons (Fsp3) is 0.160. The first kappa shape index (κ1) is 27.1. The van der Waals surface area contributed by atoms with Gasteiger partial charge in [0, 0.05) is 11.1 Å². The predicted molar refractivity (Wildman–Crippen MR) is 121 cm³/mol. The van der Waals surface area contributed by atoms with Crippen molar-refractivity contribution in [3.8, 4) is 11.5 Å². The molecule has 31 heavy (non-hydrogen) atoms. The summed E-state index contributed by atoms with van der Waals surface area (Å²) in [6.07, 6.45) is 0. The molecule has 0 amide bonds. The van der Waals surface area contributed by atoms with Gasteiger partial charge in [0.2, 0.25) is 0 Å². The van der Waals surface area contributed by atoms with Crippen molar-refractivity contribution in [2.24, 2.45) is 0 Å². The van der Waals surface area contributed by atoms with Gasteiger partial charge in [-0.15, -0.1) is 0 Å². The fourth-order valence-electron chi connectivity index (χ4n) is 2.09. The van der Waals surface area contributed by atoms with E-state index in [0.29, 0.717) is 5.56 Å². The molecule has 0 aliphatic carbocycles. The zero-order chi connectivity index (χ0) is 22.7. The first-order valence-electron chi connectivity index (χ1n) is 9.00. The number of Topliss-reactive ketones (excluding diaryl/α,β-unsaturated/α-hetero) is 2. The Balaban J connectivity index is 0.000000429. The number of benzene rings is 3.